The summed E-state index contributed by atoms with van der Waals surface area (Å²) in [4.78, 5) is 28.7. The van der Waals surface area contributed by atoms with Crippen LogP contribution in [-0.2, 0) is 9.53 Å². The first-order valence-corrected chi connectivity index (χ1v) is 11.1. The van der Waals surface area contributed by atoms with Crippen LogP contribution in [0, 0.1) is 6.92 Å². The van der Waals surface area contributed by atoms with E-state index in [1.807, 2.05) is 43.5 Å². The maximum atomic E-state index is 11.7. The summed E-state index contributed by atoms with van der Waals surface area (Å²) in [5.41, 5.74) is 2.02. The van der Waals surface area contributed by atoms with Crippen LogP contribution in [-0.4, -0.2) is 53.7 Å². The van der Waals surface area contributed by atoms with Gasteiger partial charge in [0.15, 0.2) is 5.13 Å². The molecule has 4 rings (SSSR count). The Hall–Kier alpha value is -3.04. The van der Waals surface area contributed by atoms with Crippen LogP contribution in [0.15, 0.2) is 42.7 Å². The molecular weight excluding hydrogens is 412 g/mol. The summed E-state index contributed by atoms with van der Waals surface area (Å²) < 4.78 is 4.88. The van der Waals surface area contributed by atoms with Crippen molar-refractivity contribution in [2.75, 3.05) is 37.0 Å². The van der Waals surface area contributed by atoms with Gasteiger partial charge < -0.3 is 20.3 Å². The van der Waals surface area contributed by atoms with Crippen molar-refractivity contribution in [1.82, 2.24) is 20.3 Å². The van der Waals surface area contributed by atoms with E-state index in [4.69, 9.17) is 9.72 Å². The quantitative estimate of drug-likeness (QED) is 0.584. The predicted octanol–water partition coefficient (Wildman–Crippen LogP) is 3.38. The number of methoxy groups -OCH3 is 1. The average Bonchev–Trinajstić information content (AvgIpc) is 3.25. The van der Waals surface area contributed by atoms with Gasteiger partial charge in [0, 0.05) is 38.6 Å². The maximum Gasteiger partial charge on any atom is 0.246 e. The topological polar surface area (TPSA) is 92.3 Å². The van der Waals surface area contributed by atoms with Crippen LogP contribution < -0.4 is 15.5 Å². The van der Waals surface area contributed by atoms with Crippen LogP contribution in [0.2, 0.25) is 0 Å². The first-order valence-electron chi connectivity index (χ1n) is 10.3. The molecule has 1 fully saturated rings. The van der Waals surface area contributed by atoms with Crippen molar-refractivity contribution in [3.63, 3.8) is 0 Å². The summed E-state index contributed by atoms with van der Waals surface area (Å²) in [6.07, 6.45) is 5.45. The molecule has 0 radical (unpaired) electrons. The highest BCUT2D eigenvalue weighted by atomic mass is 32.1. The Morgan fingerprint density at radius 2 is 2.06 bits per heavy atom. The normalized spacial score (nSPS) is 14.5. The van der Waals surface area contributed by atoms with Crippen LogP contribution >= 0.6 is 11.3 Å². The van der Waals surface area contributed by atoms with Gasteiger partial charge in [-0.1, -0.05) is 17.4 Å². The van der Waals surface area contributed by atoms with Gasteiger partial charge in [-0.15, -0.1) is 0 Å². The molecule has 3 aromatic rings. The molecular formula is C22H26N6O2S. The molecule has 0 saturated carbocycles. The van der Waals surface area contributed by atoms with Crippen molar-refractivity contribution in [2.24, 2.45) is 0 Å². The summed E-state index contributed by atoms with van der Waals surface area (Å²) in [5, 5.41) is 7.27. The molecule has 1 amide bonds. The second-order valence-electron chi connectivity index (χ2n) is 7.52. The Morgan fingerprint density at radius 3 is 2.84 bits per heavy atom. The Morgan fingerprint density at radius 1 is 1.23 bits per heavy atom. The SMILES string of the molecule is COCC(=O)NC1CCN(c2ncc(-c3cccc(Nc4cc(C)ccn4)n3)s2)CC1. The van der Waals surface area contributed by atoms with Gasteiger partial charge in [0.05, 0.1) is 10.6 Å². The summed E-state index contributed by atoms with van der Waals surface area (Å²) >= 11 is 1.63. The highest BCUT2D eigenvalue weighted by Crippen LogP contribution is 2.32. The smallest absolute Gasteiger partial charge is 0.246 e. The first kappa shape index (κ1) is 21.2. The fourth-order valence-corrected chi connectivity index (χ4v) is 4.46. The van der Waals surface area contributed by atoms with Crippen molar-refractivity contribution in [1.29, 1.82) is 0 Å². The summed E-state index contributed by atoms with van der Waals surface area (Å²) in [6.45, 7) is 3.86. The fourth-order valence-electron chi connectivity index (χ4n) is 3.52. The van der Waals surface area contributed by atoms with Crippen LogP contribution in [0.3, 0.4) is 0 Å². The zero-order valence-corrected chi connectivity index (χ0v) is 18.5. The lowest BCUT2D eigenvalue weighted by molar-refractivity contribution is -0.125. The van der Waals surface area contributed by atoms with E-state index in [9.17, 15) is 4.79 Å². The lowest BCUT2D eigenvalue weighted by Crippen LogP contribution is -2.45. The number of amides is 1. The molecule has 9 heteroatoms. The molecule has 3 aromatic heterocycles. The number of carbonyl (C=O) groups is 1. The highest BCUT2D eigenvalue weighted by Gasteiger charge is 2.22. The highest BCUT2D eigenvalue weighted by molar-refractivity contribution is 7.18. The van der Waals surface area contributed by atoms with E-state index in [0.29, 0.717) is 0 Å². The third-order valence-corrected chi connectivity index (χ3v) is 6.15. The minimum Gasteiger partial charge on any atom is -0.375 e. The minimum atomic E-state index is -0.0575. The lowest BCUT2D eigenvalue weighted by Gasteiger charge is -2.32. The second kappa shape index (κ2) is 9.84. The average molecular weight is 439 g/mol. The van der Waals surface area contributed by atoms with Gasteiger partial charge in [-0.05, 0) is 49.6 Å². The molecule has 1 aliphatic rings. The number of nitrogens with one attached hydrogen (secondary N) is 2. The molecule has 0 spiro atoms. The zero-order valence-electron chi connectivity index (χ0n) is 17.7. The summed E-state index contributed by atoms with van der Waals surface area (Å²) in [6, 6.07) is 10.0. The predicted molar refractivity (Wildman–Crippen MR) is 123 cm³/mol. The number of carbonyl (C=O) groups excluding carboxylic acids is 1. The molecule has 1 aliphatic heterocycles. The number of rotatable bonds is 7. The van der Waals surface area contributed by atoms with Gasteiger partial charge >= 0.3 is 0 Å². The number of thiazole rings is 1. The van der Waals surface area contributed by atoms with E-state index in [0.717, 1.165) is 58.8 Å². The van der Waals surface area contributed by atoms with Crippen LogP contribution in [0.5, 0.6) is 0 Å². The molecule has 0 unspecified atom stereocenters. The number of nitrogens with zero attached hydrogens (tertiary/aromatic N) is 4. The Bertz CT molecular complexity index is 1030. The van der Waals surface area contributed by atoms with Crippen LogP contribution in [0.4, 0.5) is 16.8 Å². The molecule has 0 atom stereocenters. The number of aryl methyl sites for hydroxylation is 1. The standard InChI is InChI=1S/C22H26N6O2S/c1-15-6-9-23-20(12-15)27-19-5-3-4-17(26-19)18-13-24-22(31-18)28-10-7-16(8-11-28)25-21(29)14-30-2/h3-6,9,12-13,16H,7-8,10-11,14H2,1-2H3,(H,25,29)(H,23,26,27). The molecule has 4 heterocycles. The van der Waals surface area contributed by atoms with E-state index < -0.39 is 0 Å². The molecule has 8 nitrogen and oxygen atoms in total. The van der Waals surface area contributed by atoms with Crippen molar-refractivity contribution in [3.8, 4) is 10.6 Å². The zero-order chi connectivity index (χ0) is 21.6. The number of anilines is 3. The largest absolute Gasteiger partial charge is 0.375 e. The van der Waals surface area contributed by atoms with Gasteiger partial charge in [0.1, 0.15) is 18.2 Å². The number of pyridine rings is 2. The van der Waals surface area contributed by atoms with E-state index in [2.05, 4.69) is 25.5 Å². The number of hydrogen-bond donors (Lipinski definition) is 2. The van der Waals surface area contributed by atoms with Crippen LogP contribution in [0.1, 0.15) is 18.4 Å². The molecule has 2 N–H and O–H groups in total. The molecule has 31 heavy (non-hydrogen) atoms. The maximum absolute atomic E-state index is 11.7. The van der Waals surface area contributed by atoms with Crippen molar-refractivity contribution < 1.29 is 9.53 Å². The first-order chi connectivity index (χ1) is 15.1. The molecule has 0 bridgehead atoms. The Balaban J connectivity index is 1.38. The number of aromatic nitrogens is 3. The molecule has 0 aromatic carbocycles. The van der Waals surface area contributed by atoms with Crippen LogP contribution in [0.25, 0.3) is 10.6 Å². The number of ether oxygens (including phenoxy) is 1. The van der Waals surface area contributed by atoms with E-state index in [-0.39, 0.29) is 18.6 Å². The molecule has 162 valence electrons. The van der Waals surface area contributed by atoms with Gasteiger partial charge in [0.2, 0.25) is 5.91 Å². The molecule has 1 saturated heterocycles. The van der Waals surface area contributed by atoms with Crippen molar-refractivity contribution >= 4 is 34.0 Å². The van der Waals surface area contributed by atoms with E-state index in [1.54, 1.807) is 17.5 Å². The fraction of sp³-hybridized carbons (Fsp3) is 0.364. The van der Waals surface area contributed by atoms with Gasteiger partial charge in [-0.2, -0.15) is 0 Å². The third-order valence-electron chi connectivity index (χ3n) is 5.07. The number of piperidine rings is 1. The number of hydrogen-bond acceptors (Lipinski definition) is 8. The Labute approximate surface area is 185 Å². The Kier molecular flexibility index (Phi) is 6.73. The third kappa shape index (κ3) is 5.56. The summed E-state index contributed by atoms with van der Waals surface area (Å²) in [5.74, 6) is 1.46. The monoisotopic (exact) mass is 438 g/mol. The summed E-state index contributed by atoms with van der Waals surface area (Å²) in [7, 11) is 1.53. The second-order valence-corrected chi connectivity index (χ2v) is 8.53. The van der Waals surface area contributed by atoms with Gasteiger partial charge in [0.25, 0.3) is 0 Å². The van der Waals surface area contributed by atoms with E-state index >= 15 is 0 Å². The van der Waals surface area contributed by atoms with Gasteiger partial charge in [-0.3, -0.25) is 4.79 Å². The van der Waals surface area contributed by atoms with Crippen molar-refractivity contribution in [3.05, 3.63) is 48.3 Å². The lowest BCUT2D eigenvalue weighted by atomic mass is 10.1. The van der Waals surface area contributed by atoms with E-state index in [1.165, 1.54) is 7.11 Å². The van der Waals surface area contributed by atoms with Crippen molar-refractivity contribution in [2.45, 2.75) is 25.8 Å². The molecule has 0 aliphatic carbocycles. The minimum absolute atomic E-state index is 0.0575. The van der Waals surface area contributed by atoms with Gasteiger partial charge in [-0.25, -0.2) is 15.0 Å².